The van der Waals surface area contributed by atoms with Gasteiger partial charge >= 0.3 is 11.9 Å². The van der Waals surface area contributed by atoms with Gasteiger partial charge in [-0.15, -0.1) is 0 Å². The largest absolute Gasteiger partial charge is 0.413 e. The van der Waals surface area contributed by atoms with Crippen molar-refractivity contribution in [2.45, 2.75) is 253 Å². The van der Waals surface area contributed by atoms with Gasteiger partial charge in [-0.2, -0.15) is 0 Å². The molecule has 2 unspecified atom stereocenters. The minimum absolute atomic E-state index is 0.133. The summed E-state index contributed by atoms with van der Waals surface area (Å²) in [6, 6.07) is 0. The number of esters is 2. The zero-order valence-corrected chi connectivity index (χ0v) is 33.6. The smallest absolute Gasteiger partial charge is 0.310 e. The maximum atomic E-state index is 12.6. The predicted octanol–water partition coefficient (Wildman–Crippen LogP) is 13.8. The van der Waals surface area contributed by atoms with E-state index in [0.717, 1.165) is 32.2 Å². The zero-order chi connectivity index (χ0) is 35.6. The number of hydrogen-bond donors (Lipinski definition) is 0. The fourth-order valence-electron chi connectivity index (χ4n) is 6.83. The highest BCUT2D eigenvalue weighted by molar-refractivity contribution is 5.69. The van der Waals surface area contributed by atoms with Crippen LogP contribution in [0.15, 0.2) is 0 Å². The van der Waals surface area contributed by atoms with Crippen molar-refractivity contribution in [1.29, 1.82) is 0 Å². The lowest BCUT2D eigenvalue weighted by molar-refractivity contribution is -0.986. The quantitative estimate of drug-likeness (QED) is 0.0284. The van der Waals surface area contributed by atoms with E-state index in [1.165, 1.54) is 167 Å². The minimum Gasteiger partial charge on any atom is -0.413 e. The average molecular weight is 681 g/mol. The molecule has 0 rings (SSSR count). The van der Waals surface area contributed by atoms with E-state index >= 15 is 0 Å². The van der Waals surface area contributed by atoms with E-state index in [4.69, 9.17) is 9.47 Å². The molecular weight excluding hydrogens is 594 g/mol. The Hall–Kier alpha value is -1.10. The Morgan fingerprint density at radius 1 is 0.396 bits per heavy atom. The second-order valence-electron chi connectivity index (χ2n) is 15.2. The van der Waals surface area contributed by atoms with Crippen LogP contribution in [-0.2, 0) is 19.1 Å². The molecule has 0 aromatic heterocycles. The summed E-state index contributed by atoms with van der Waals surface area (Å²) in [7, 11) is 2.02. The standard InChI is InChI=1S/C43H86NO4/c1-7-10-12-14-16-18-20-22-24-26-28-30-32-34-36-38-42(45)47-40(4)44(6,9-3)41(5)48-43(46)39-37-35-33-31-29-27-25-23-21-19-17-15-13-11-8-2/h40-41H,7-39H2,1-6H3/q+1. The van der Waals surface area contributed by atoms with Crippen LogP contribution >= 0.6 is 0 Å². The van der Waals surface area contributed by atoms with Crippen molar-refractivity contribution in [2.75, 3.05) is 13.6 Å². The van der Waals surface area contributed by atoms with Crippen molar-refractivity contribution < 1.29 is 23.5 Å². The molecule has 48 heavy (non-hydrogen) atoms. The molecule has 0 aromatic rings. The van der Waals surface area contributed by atoms with Gasteiger partial charge in [-0.1, -0.05) is 194 Å². The first-order chi connectivity index (χ1) is 23.3. The SMILES string of the molecule is CCCCCCCCCCCCCCCCCC(=O)OC(C)[N+](C)(CC)C(C)OC(=O)CCCCCCCCCCCCCCCCC. The Morgan fingerprint density at radius 2 is 0.604 bits per heavy atom. The molecule has 0 spiro atoms. The van der Waals surface area contributed by atoms with E-state index in [-0.39, 0.29) is 24.4 Å². The Kier molecular flexibility index (Phi) is 33.6. The molecule has 5 heteroatoms. The number of quaternary nitrogens is 1. The van der Waals surface area contributed by atoms with Crippen LogP contribution in [0.5, 0.6) is 0 Å². The second-order valence-corrected chi connectivity index (χ2v) is 15.2. The average Bonchev–Trinajstić information content (AvgIpc) is 3.07. The Labute approximate surface area is 301 Å². The lowest BCUT2D eigenvalue weighted by atomic mass is 10.0. The topological polar surface area (TPSA) is 52.6 Å². The molecule has 2 atom stereocenters. The number of carbonyl (C=O) groups excluding carboxylic acids is 2. The van der Waals surface area contributed by atoms with Crippen molar-refractivity contribution in [1.82, 2.24) is 0 Å². The molecule has 0 aliphatic carbocycles. The lowest BCUT2D eigenvalue weighted by Crippen LogP contribution is -2.59. The van der Waals surface area contributed by atoms with Crippen LogP contribution in [0.2, 0.25) is 0 Å². The monoisotopic (exact) mass is 681 g/mol. The maximum Gasteiger partial charge on any atom is 0.310 e. The molecule has 0 N–H and O–H groups in total. The summed E-state index contributed by atoms with van der Waals surface area (Å²) in [4.78, 5) is 25.2. The summed E-state index contributed by atoms with van der Waals surface area (Å²) in [5.74, 6) is -0.266. The van der Waals surface area contributed by atoms with E-state index in [1.54, 1.807) is 0 Å². The van der Waals surface area contributed by atoms with Gasteiger partial charge in [0.05, 0.1) is 13.6 Å². The highest BCUT2D eigenvalue weighted by Gasteiger charge is 2.38. The summed E-state index contributed by atoms with van der Waals surface area (Å²) in [6.07, 6.45) is 39.7. The van der Waals surface area contributed by atoms with E-state index in [0.29, 0.717) is 17.3 Å². The fraction of sp³-hybridized carbons (Fsp3) is 0.953. The highest BCUT2D eigenvalue weighted by Crippen LogP contribution is 2.21. The fourth-order valence-corrected chi connectivity index (χ4v) is 6.83. The minimum atomic E-state index is -0.354. The van der Waals surface area contributed by atoms with E-state index in [1.807, 2.05) is 20.9 Å². The van der Waals surface area contributed by atoms with Crippen molar-refractivity contribution >= 4 is 11.9 Å². The maximum absolute atomic E-state index is 12.6. The van der Waals surface area contributed by atoms with Crippen LogP contribution in [0, 0.1) is 0 Å². The second kappa shape index (κ2) is 34.4. The molecule has 0 bridgehead atoms. The normalized spacial score (nSPS) is 14.0. The van der Waals surface area contributed by atoms with Crippen molar-refractivity contribution in [3.8, 4) is 0 Å². The molecule has 0 radical (unpaired) electrons. The van der Waals surface area contributed by atoms with Gasteiger partial charge in [-0.3, -0.25) is 14.1 Å². The van der Waals surface area contributed by atoms with Crippen LogP contribution < -0.4 is 0 Å². The van der Waals surface area contributed by atoms with Gasteiger partial charge in [-0.25, -0.2) is 0 Å². The molecule has 5 nitrogen and oxygen atoms in total. The first kappa shape index (κ1) is 46.9. The summed E-state index contributed by atoms with van der Waals surface area (Å²) >= 11 is 0. The Morgan fingerprint density at radius 3 is 0.812 bits per heavy atom. The Balaban J connectivity index is 3.87. The van der Waals surface area contributed by atoms with Gasteiger partial charge in [0, 0.05) is 26.7 Å². The first-order valence-corrected chi connectivity index (χ1v) is 21.6. The molecule has 286 valence electrons. The molecule has 0 aliphatic rings. The molecule has 0 aromatic carbocycles. The number of ether oxygens (including phenoxy) is 2. The van der Waals surface area contributed by atoms with Crippen molar-refractivity contribution in [3.05, 3.63) is 0 Å². The lowest BCUT2D eigenvalue weighted by Gasteiger charge is -2.41. The highest BCUT2D eigenvalue weighted by atomic mass is 16.6. The molecule has 0 fully saturated rings. The van der Waals surface area contributed by atoms with Gasteiger partial charge in [0.25, 0.3) is 0 Å². The number of hydrogen-bond acceptors (Lipinski definition) is 4. The molecule has 0 saturated heterocycles. The van der Waals surface area contributed by atoms with Crippen LogP contribution in [0.25, 0.3) is 0 Å². The van der Waals surface area contributed by atoms with Gasteiger partial charge in [0.2, 0.25) is 12.5 Å². The van der Waals surface area contributed by atoms with Gasteiger partial charge in [-0.05, 0) is 19.8 Å². The van der Waals surface area contributed by atoms with Crippen LogP contribution in [-0.4, -0.2) is 42.5 Å². The number of nitrogens with zero attached hydrogens (tertiary/aromatic N) is 1. The molecule has 0 aliphatic heterocycles. The summed E-state index contributed by atoms with van der Waals surface area (Å²) in [5.41, 5.74) is 0. The zero-order valence-electron chi connectivity index (χ0n) is 33.6. The number of carbonyl (C=O) groups is 2. The number of rotatable bonds is 37. The van der Waals surface area contributed by atoms with E-state index in [9.17, 15) is 9.59 Å². The molecule has 0 amide bonds. The summed E-state index contributed by atoms with van der Waals surface area (Å²) in [5, 5.41) is 0. The molecular formula is C43H86NO4+. The number of unbranched alkanes of at least 4 members (excludes halogenated alkanes) is 28. The van der Waals surface area contributed by atoms with Crippen LogP contribution in [0.1, 0.15) is 240 Å². The summed E-state index contributed by atoms with van der Waals surface area (Å²) < 4.78 is 12.1. The van der Waals surface area contributed by atoms with Gasteiger partial charge in [0.15, 0.2) is 0 Å². The molecule has 0 heterocycles. The van der Waals surface area contributed by atoms with Crippen molar-refractivity contribution in [2.24, 2.45) is 0 Å². The third-order valence-corrected chi connectivity index (χ3v) is 10.9. The van der Waals surface area contributed by atoms with Gasteiger partial charge < -0.3 is 9.47 Å². The van der Waals surface area contributed by atoms with Crippen LogP contribution in [0.3, 0.4) is 0 Å². The van der Waals surface area contributed by atoms with Gasteiger partial charge in [0.1, 0.15) is 0 Å². The third-order valence-electron chi connectivity index (χ3n) is 10.9. The first-order valence-electron chi connectivity index (χ1n) is 21.6. The van der Waals surface area contributed by atoms with E-state index in [2.05, 4.69) is 20.8 Å². The summed E-state index contributed by atoms with van der Waals surface area (Å²) in [6.45, 7) is 11.2. The van der Waals surface area contributed by atoms with Crippen molar-refractivity contribution in [3.63, 3.8) is 0 Å². The third kappa shape index (κ3) is 27.7. The molecule has 0 saturated carbocycles. The van der Waals surface area contributed by atoms with Crippen LogP contribution in [0.4, 0.5) is 0 Å². The predicted molar refractivity (Wildman–Crippen MR) is 207 cm³/mol. The Bertz CT molecular complexity index is 657. The van der Waals surface area contributed by atoms with E-state index < -0.39 is 0 Å².